The van der Waals surface area contributed by atoms with E-state index in [0.29, 0.717) is 6.54 Å². The number of alkyl halides is 2. The van der Waals surface area contributed by atoms with Gasteiger partial charge in [0, 0.05) is 0 Å². The Bertz CT molecular complexity index is 38.7. The molecule has 0 heterocycles. The molecule has 0 aliphatic rings. The van der Waals surface area contributed by atoms with Crippen molar-refractivity contribution >= 4 is 23.2 Å². The predicted octanol–water partition coefficient (Wildman–Crippen LogP) is 1.53. The summed E-state index contributed by atoms with van der Waals surface area (Å²) in [4.78, 5) is -0.233. The first-order chi connectivity index (χ1) is 3.27. The average molecular weight is 142 g/mol. The van der Waals surface area contributed by atoms with Gasteiger partial charge in [-0.3, -0.25) is 0 Å². The molecule has 0 amide bonds. The summed E-state index contributed by atoms with van der Waals surface area (Å²) in [5.74, 6) is 0. The largest absolute Gasteiger partial charge is 0.330 e. The third kappa shape index (κ3) is 6.54. The van der Waals surface area contributed by atoms with Crippen molar-refractivity contribution < 1.29 is 0 Å². The fraction of sp³-hybridized carbons (Fsp3) is 1.00. The maximum atomic E-state index is 5.37. The van der Waals surface area contributed by atoms with E-state index in [1.54, 1.807) is 0 Å². The van der Waals surface area contributed by atoms with Crippen LogP contribution in [0.25, 0.3) is 0 Å². The van der Waals surface area contributed by atoms with Crippen LogP contribution in [0, 0.1) is 0 Å². The summed E-state index contributed by atoms with van der Waals surface area (Å²) < 4.78 is 0. The van der Waals surface area contributed by atoms with E-state index in [2.05, 4.69) is 0 Å². The lowest BCUT2D eigenvalue weighted by Gasteiger charge is -1.94. The van der Waals surface area contributed by atoms with Crippen molar-refractivity contribution in [2.45, 2.75) is 17.7 Å². The second-order valence-electron chi connectivity index (χ2n) is 1.32. The van der Waals surface area contributed by atoms with Gasteiger partial charge in [-0.25, -0.2) is 0 Å². The van der Waals surface area contributed by atoms with Crippen molar-refractivity contribution in [3.8, 4) is 0 Å². The normalized spacial score (nSPS) is 10.3. The van der Waals surface area contributed by atoms with E-state index in [-0.39, 0.29) is 4.84 Å². The predicted molar refractivity (Wildman–Crippen MR) is 33.8 cm³/mol. The fourth-order valence-electron chi connectivity index (χ4n) is 0.272. The van der Waals surface area contributed by atoms with Crippen LogP contribution in [0.4, 0.5) is 0 Å². The lowest BCUT2D eigenvalue weighted by Crippen LogP contribution is -2.00. The molecule has 0 unspecified atom stereocenters. The molecule has 0 fully saturated rings. The van der Waals surface area contributed by atoms with Crippen LogP contribution >= 0.6 is 23.2 Å². The Kier molecular flexibility index (Phi) is 5.05. The van der Waals surface area contributed by atoms with Gasteiger partial charge in [0.25, 0.3) is 0 Å². The van der Waals surface area contributed by atoms with Crippen molar-refractivity contribution in [3.05, 3.63) is 0 Å². The maximum Gasteiger partial charge on any atom is 0.107 e. The van der Waals surface area contributed by atoms with Gasteiger partial charge in [0.05, 0.1) is 0 Å². The summed E-state index contributed by atoms with van der Waals surface area (Å²) in [6, 6.07) is 0. The maximum absolute atomic E-state index is 5.37. The summed E-state index contributed by atoms with van der Waals surface area (Å²) in [5.41, 5.74) is 5.16. The second kappa shape index (κ2) is 4.69. The molecule has 0 atom stereocenters. The van der Waals surface area contributed by atoms with Crippen LogP contribution in [-0.2, 0) is 0 Å². The molecule has 0 saturated heterocycles. The quantitative estimate of drug-likeness (QED) is 0.594. The summed E-state index contributed by atoms with van der Waals surface area (Å²) in [7, 11) is 0. The molecule has 0 bridgehead atoms. The van der Waals surface area contributed by atoms with Gasteiger partial charge in [-0.05, 0) is 19.4 Å². The molecular weight excluding hydrogens is 133 g/mol. The molecule has 3 heteroatoms. The first-order valence-electron chi connectivity index (χ1n) is 2.25. The molecule has 2 N–H and O–H groups in total. The van der Waals surface area contributed by atoms with E-state index in [1.807, 2.05) is 0 Å². The van der Waals surface area contributed by atoms with Crippen molar-refractivity contribution in [2.75, 3.05) is 6.54 Å². The highest BCUT2D eigenvalue weighted by molar-refractivity contribution is 6.44. The lowest BCUT2D eigenvalue weighted by atomic mass is 10.3. The van der Waals surface area contributed by atoms with Crippen LogP contribution in [-0.4, -0.2) is 11.4 Å². The van der Waals surface area contributed by atoms with Gasteiger partial charge in [0.15, 0.2) is 0 Å². The van der Waals surface area contributed by atoms with E-state index < -0.39 is 0 Å². The van der Waals surface area contributed by atoms with Gasteiger partial charge < -0.3 is 5.73 Å². The molecule has 0 spiro atoms. The first kappa shape index (κ1) is 7.54. The lowest BCUT2D eigenvalue weighted by molar-refractivity contribution is 0.790. The van der Waals surface area contributed by atoms with Crippen LogP contribution in [0.5, 0.6) is 0 Å². The molecule has 0 aromatic heterocycles. The zero-order chi connectivity index (χ0) is 5.70. The Morgan fingerprint density at radius 2 is 2.00 bits per heavy atom. The van der Waals surface area contributed by atoms with Gasteiger partial charge in [-0.1, -0.05) is 0 Å². The fourth-order valence-corrected chi connectivity index (χ4v) is 0.581. The summed E-state index contributed by atoms with van der Waals surface area (Å²) >= 11 is 10.7. The monoisotopic (exact) mass is 141 g/mol. The Morgan fingerprint density at radius 1 is 1.43 bits per heavy atom. The van der Waals surface area contributed by atoms with Crippen molar-refractivity contribution in [1.82, 2.24) is 0 Å². The molecule has 0 radical (unpaired) electrons. The minimum absolute atomic E-state index is 0.233. The number of halogens is 2. The molecule has 0 aromatic rings. The van der Waals surface area contributed by atoms with Crippen LogP contribution in [0.3, 0.4) is 0 Å². The summed E-state index contributed by atoms with van der Waals surface area (Å²) in [6.45, 7) is 0.677. The third-order valence-corrected chi connectivity index (χ3v) is 1.06. The molecule has 0 aliphatic heterocycles. The van der Waals surface area contributed by atoms with E-state index >= 15 is 0 Å². The molecular formula is C4H9Cl2N. The molecule has 1 nitrogen and oxygen atoms in total. The second-order valence-corrected chi connectivity index (χ2v) is 2.60. The number of hydrogen-bond acceptors (Lipinski definition) is 1. The zero-order valence-corrected chi connectivity index (χ0v) is 5.54. The van der Waals surface area contributed by atoms with Crippen molar-refractivity contribution in [1.29, 1.82) is 0 Å². The minimum Gasteiger partial charge on any atom is -0.330 e. The van der Waals surface area contributed by atoms with Crippen LogP contribution < -0.4 is 5.73 Å². The smallest absolute Gasteiger partial charge is 0.107 e. The number of hydrogen-bond donors (Lipinski definition) is 1. The van der Waals surface area contributed by atoms with E-state index in [1.165, 1.54) is 0 Å². The van der Waals surface area contributed by atoms with Gasteiger partial charge in [-0.15, -0.1) is 23.2 Å². The Hall–Kier alpha value is 0.540. The SMILES string of the molecule is NCCCC(Cl)Cl. The number of rotatable bonds is 3. The molecule has 0 aliphatic carbocycles. The Morgan fingerprint density at radius 3 is 2.14 bits per heavy atom. The van der Waals surface area contributed by atoms with Crippen LogP contribution in [0.2, 0.25) is 0 Å². The van der Waals surface area contributed by atoms with Crippen LogP contribution in [0.15, 0.2) is 0 Å². The van der Waals surface area contributed by atoms with Gasteiger partial charge in [0.1, 0.15) is 4.84 Å². The molecule has 0 saturated carbocycles. The Labute approximate surface area is 53.8 Å². The molecule has 7 heavy (non-hydrogen) atoms. The standard InChI is InChI=1S/C4H9Cl2N/c5-4(6)2-1-3-7/h4H,1-3,7H2. The third-order valence-electron chi connectivity index (χ3n) is 0.626. The van der Waals surface area contributed by atoms with Gasteiger partial charge in [-0.2, -0.15) is 0 Å². The van der Waals surface area contributed by atoms with Crippen molar-refractivity contribution in [2.24, 2.45) is 5.73 Å². The molecule has 0 rings (SSSR count). The summed E-state index contributed by atoms with van der Waals surface area (Å²) in [5, 5.41) is 0. The van der Waals surface area contributed by atoms with E-state index in [4.69, 9.17) is 28.9 Å². The minimum atomic E-state index is -0.233. The highest BCUT2D eigenvalue weighted by atomic mass is 35.5. The Balaban J connectivity index is 2.68. The molecule has 0 aromatic carbocycles. The topological polar surface area (TPSA) is 26.0 Å². The van der Waals surface area contributed by atoms with Gasteiger partial charge in [0.2, 0.25) is 0 Å². The van der Waals surface area contributed by atoms with Crippen LogP contribution in [0.1, 0.15) is 12.8 Å². The number of nitrogens with two attached hydrogens (primary N) is 1. The molecule has 44 valence electrons. The van der Waals surface area contributed by atoms with Crippen molar-refractivity contribution in [3.63, 3.8) is 0 Å². The summed E-state index contributed by atoms with van der Waals surface area (Å²) in [6.07, 6.45) is 1.72. The van der Waals surface area contributed by atoms with Gasteiger partial charge >= 0.3 is 0 Å². The first-order valence-corrected chi connectivity index (χ1v) is 3.13. The highest BCUT2D eigenvalue weighted by Gasteiger charge is 1.94. The average Bonchev–Trinajstić information content (AvgIpc) is 1.61. The van der Waals surface area contributed by atoms with E-state index in [0.717, 1.165) is 12.8 Å². The zero-order valence-electron chi connectivity index (χ0n) is 4.03. The van der Waals surface area contributed by atoms with E-state index in [9.17, 15) is 0 Å². The highest BCUT2D eigenvalue weighted by Crippen LogP contribution is 2.07.